The summed E-state index contributed by atoms with van der Waals surface area (Å²) >= 11 is 0. The van der Waals surface area contributed by atoms with Gasteiger partial charge in [0.25, 0.3) is 0 Å². The Labute approximate surface area is 106 Å². The van der Waals surface area contributed by atoms with E-state index in [2.05, 4.69) is 19.2 Å². The molecule has 0 aromatic rings. The lowest BCUT2D eigenvalue weighted by Crippen LogP contribution is -2.34. The Morgan fingerprint density at radius 2 is 2.00 bits per heavy atom. The molecule has 0 saturated heterocycles. The molecule has 1 atom stereocenters. The van der Waals surface area contributed by atoms with Gasteiger partial charge in [0.2, 0.25) is 0 Å². The first-order valence-corrected chi connectivity index (χ1v) is 7.00. The van der Waals surface area contributed by atoms with Crippen LogP contribution in [0.15, 0.2) is 0 Å². The van der Waals surface area contributed by atoms with Crippen LogP contribution in [0.1, 0.15) is 39.5 Å². The lowest BCUT2D eigenvalue weighted by Gasteiger charge is -2.30. The highest BCUT2D eigenvalue weighted by molar-refractivity contribution is 4.92. The van der Waals surface area contributed by atoms with Crippen LogP contribution >= 0.6 is 0 Å². The van der Waals surface area contributed by atoms with Gasteiger partial charge in [-0.15, -0.1) is 0 Å². The highest BCUT2D eigenvalue weighted by Gasteiger charge is 2.40. The van der Waals surface area contributed by atoms with Crippen LogP contribution < -0.4 is 5.32 Å². The van der Waals surface area contributed by atoms with Crippen molar-refractivity contribution in [1.82, 2.24) is 5.32 Å². The van der Waals surface area contributed by atoms with Gasteiger partial charge in [-0.3, -0.25) is 0 Å². The van der Waals surface area contributed by atoms with E-state index < -0.39 is 0 Å². The van der Waals surface area contributed by atoms with E-state index in [4.69, 9.17) is 9.47 Å². The predicted octanol–water partition coefficient (Wildman–Crippen LogP) is 2.46. The van der Waals surface area contributed by atoms with Gasteiger partial charge in [-0.25, -0.2) is 0 Å². The second-order valence-corrected chi connectivity index (χ2v) is 5.42. The topological polar surface area (TPSA) is 30.5 Å². The van der Waals surface area contributed by atoms with Gasteiger partial charge in [-0.1, -0.05) is 13.8 Å². The van der Waals surface area contributed by atoms with Crippen molar-refractivity contribution in [3.05, 3.63) is 0 Å². The molecule has 1 unspecified atom stereocenters. The molecule has 1 saturated carbocycles. The zero-order valence-corrected chi connectivity index (χ0v) is 11.8. The largest absolute Gasteiger partial charge is 0.382 e. The van der Waals surface area contributed by atoms with Crippen LogP contribution in [0, 0.1) is 11.3 Å². The molecule has 0 aromatic heterocycles. The summed E-state index contributed by atoms with van der Waals surface area (Å²) < 4.78 is 10.5. The van der Waals surface area contributed by atoms with Gasteiger partial charge < -0.3 is 14.8 Å². The molecule has 3 nitrogen and oxygen atoms in total. The molecular weight excluding hydrogens is 214 g/mol. The van der Waals surface area contributed by atoms with Gasteiger partial charge in [-0.05, 0) is 43.6 Å². The summed E-state index contributed by atoms with van der Waals surface area (Å²) in [6.45, 7) is 9.15. The zero-order valence-electron chi connectivity index (χ0n) is 11.8. The molecule has 1 N–H and O–H groups in total. The molecule has 0 bridgehead atoms. The van der Waals surface area contributed by atoms with E-state index in [0.29, 0.717) is 12.0 Å². The Morgan fingerprint density at radius 1 is 1.24 bits per heavy atom. The van der Waals surface area contributed by atoms with Crippen molar-refractivity contribution in [1.29, 1.82) is 0 Å². The Bertz CT molecular complexity index is 195. The van der Waals surface area contributed by atoms with Crippen molar-refractivity contribution in [2.45, 2.75) is 39.5 Å². The summed E-state index contributed by atoms with van der Waals surface area (Å²) in [7, 11) is 1.71. The molecule has 3 heteroatoms. The number of hydrogen-bond donors (Lipinski definition) is 1. The van der Waals surface area contributed by atoms with Crippen LogP contribution in [0.3, 0.4) is 0 Å². The first-order chi connectivity index (χ1) is 8.23. The number of nitrogens with one attached hydrogen (secondary N) is 1. The van der Waals surface area contributed by atoms with Crippen molar-refractivity contribution < 1.29 is 9.47 Å². The van der Waals surface area contributed by atoms with Crippen LogP contribution in [0.4, 0.5) is 0 Å². The smallest absolute Gasteiger partial charge is 0.0700 e. The van der Waals surface area contributed by atoms with E-state index in [0.717, 1.165) is 32.2 Å². The highest BCUT2D eigenvalue weighted by Crippen LogP contribution is 2.47. The van der Waals surface area contributed by atoms with E-state index in [9.17, 15) is 0 Å². The average Bonchev–Trinajstić information content (AvgIpc) is 3.15. The highest BCUT2D eigenvalue weighted by atomic mass is 16.5. The van der Waals surface area contributed by atoms with E-state index in [-0.39, 0.29) is 0 Å². The second kappa shape index (κ2) is 8.06. The minimum atomic E-state index is 0.487. The van der Waals surface area contributed by atoms with E-state index in [1.165, 1.54) is 25.7 Å². The van der Waals surface area contributed by atoms with Gasteiger partial charge in [-0.2, -0.15) is 0 Å². The van der Waals surface area contributed by atoms with Gasteiger partial charge in [0.1, 0.15) is 0 Å². The van der Waals surface area contributed by atoms with Crippen LogP contribution in [0.5, 0.6) is 0 Å². The Kier molecular flexibility index (Phi) is 7.09. The van der Waals surface area contributed by atoms with Crippen molar-refractivity contribution in [2.75, 3.05) is 40.0 Å². The maximum atomic E-state index is 5.53. The van der Waals surface area contributed by atoms with Gasteiger partial charge >= 0.3 is 0 Å². The lowest BCUT2D eigenvalue weighted by molar-refractivity contribution is 0.0627. The standard InChI is InChI=1S/C14H29NO2/c1-4-15-12-14(2,13-6-7-13)8-5-9-17-11-10-16-3/h13,15H,4-12H2,1-3H3. The second-order valence-electron chi connectivity index (χ2n) is 5.42. The van der Waals surface area contributed by atoms with Crippen LogP contribution in [-0.2, 0) is 9.47 Å². The monoisotopic (exact) mass is 243 g/mol. The van der Waals surface area contributed by atoms with Crippen molar-refractivity contribution >= 4 is 0 Å². The third kappa shape index (κ3) is 5.84. The molecular formula is C14H29NO2. The zero-order chi connectivity index (χ0) is 12.6. The molecule has 102 valence electrons. The van der Waals surface area contributed by atoms with E-state index >= 15 is 0 Å². The van der Waals surface area contributed by atoms with E-state index in [1.54, 1.807) is 7.11 Å². The molecule has 1 aliphatic rings. The Hall–Kier alpha value is -0.120. The molecule has 0 radical (unpaired) electrons. The van der Waals surface area contributed by atoms with Gasteiger partial charge in [0.15, 0.2) is 0 Å². The molecule has 0 aromatic carbocycles. The van der Waals surface area contributed by atoms with Gasteiger partial charge in [0.05, 0.1) is 13.2 Å². The van der Waals surface area contributed by atoms with Crippen molar-refractivity contribution in [3.63, 3.8) is 0 Å². The summed E-state index contributed by atoms with van der Waals surface area (Å²) in [6.07, 6.45) is 5.29. The minimum absolute atomic E-state index is 0.487. The summed E-state index contributed by atoms with van der Waals surface area (Å²) in [6, 6.07) is 0. The molecule has 1 fully saturated rings. The summed E-state index contributed by atoms with van der Waals surface area (Å²) in [5, 5.41) is 3.51. The summed E-state index contributed by atoms with van der Waals surface area (Å²) in [5.74, 6) is 0.945. The fourth-order valence-electron chi connectivity index (χ4n) is 2.45. The average molecular weight is 243 g/mol. The maximum Gasteiger partial charge on any atom is 0.0700 e. The maximum absolute atomic E-state index is 5.53. The molecule has 0 heterocycles. The van der Waals surface area contributed by atoms with E-state index in [1.807, 2.05) is 0 Å². The van der Waals surface area contributed by atoms with Gasteiger partial charge in [0, 0.05) is 20.3 Å². The van der Waals surface area contributed by atoms with Crippen molar-refractivity contribution in [2.24, 2.45) is 11.3 Å². The first kappa shape index (κ1) is 14.9. The SMILES string of the molecule is CCNCC(C)(CCCOCCOC)C1CC1. The first-order valence-electron chi connectivity index (χ1n) is 7.00. The number of ether oxygens (including phenoxy) is 2. The lowest BCUT2D eigenvalue weighted by atomic mass is 9.80. The predicted molar refractivity (Wildman–Crippen MR) is 71.3 cm³/mol. The molecule has 0 spiro atoms. The van der Waals surface area contributed by atoms with Crippen molar-refractivity contribution in [3.8, 4) is 0 Å². The van der Waals surface area contributed by atoms with Crippen LogP contribution in [-0.4, -0.2) is 40.0 Å². The Balaban J connectivity index is 2.11. The number of hydrogen-bond acceptors (Lipinski definition) is 3. The third-order valence-corrected chi connectivity index (χ3v) is 3.81. The van der Waals surface area contributed by atoms with Crippen LogP contribution in [0.2, 0.25) is 0 Å². The summed E-state index contributed by atoms with van der Waals surface area (Å²) in [4.78, 5) is 0. The summed E-state index contributed by atoms with van der Waals surface area (Å²) in [5.41, 5.74) is 0.487. The van der Waals surface area contributed by atoms with Crippen LogP contribution in [0.25, 0.3) is 0 Å². The number of methoxy groups -OCH3 is 1. The molecule has 1 aliphatic carbocycles. The Morgan fingerprint density at radius 3 is 2.59 bits per heavy atom. The fourth-order valence-corrected chi connectivity index (χ4v) is 2.45. The quantitative estimate of drug-likeness (QED) is 0.565. The number of rotatable bonds is 11. The fraction of sp³-hybridized carbons (Fsp3) is 1.00. The molecule has 1 rings (SSSR count). The molecule has 0 aliphatic heterocycles. The normalized spacial score (nSPS) is 19.2. The minimum Gasteiger partial charge on any atom is -0.382 e. The third-order valence-electron chi connectivity index (χ3n) is 3.81. The molecule has 17 heavy (non-hydrogen) atoms. The molecule has 0 amide bonds.